The second-order valence-corrected chi connectivity index (χ2v) is 4.93. The Balaban J connectivity index is 0.000000445. The molecule has 1 saturated heterocycles. The fourth-order valence-electron chi connectivity index (χ4n) is 1.78. The standard InChI is InChI=1S/C11H10F5N3O.C2HF3O2/c12-6-5(7(13)9(15)10(16)8(6)14)11(20)18-19-3-1-17-2-4-19;3-2(4,5)1(6)7/h17H,1-4H2,(H,18,20);(H,6,7). The van der Waals surface area contributed by atoms with Crippen LogP contribution in [0.1, 0.15) is 10.4 Å². The lowest BCUT2D eigenvalue weighted by atomic mass is 10.1. The Morgan fingerprint density at radius 3 is 1.63 bits per heavy atom. The highest BCUT2D eigenvalue weighted by molar-refractivity contribution is 5.94. The van der Waals surface area contributed by atoms with Gasteiger partial charge in [-0.05, 0) is 0 Å². The third-order valence-corrected chi connectivity index (χ3v) is 3.06. The van der Waals surface area contributed by atoms with Crippen LogP contribution < -0.4 is 10.7 Å². The number of rotatable bonds is 2. The number of amides is 1. The van der Waals surface area contributed by atoms with Crippen molar-refractivity contribution in [2.75, 3.05) is 26.2 Å². The second-order valence-electron chi connectivity index (χ2n) is 4.93. The number of carbonyl (C=O) groups excluding carboxylic acids is 1. The Kier molecular flexibility index (Phi) is 7.47. The number of carboxylic acids is 1. The molecule has 0 spiro atoms. The summed E-state index contributed by atoms with van der Waals surface area (Å²) in [7, 11) is 0. The van der Waals surface area contributed by atoms with Crippen molar-refractivity contribution in [3.8, 4) is 0 Å². The number of hydrogen-bond donors (Lipinski definition) is 3. The Labute approximate surface area is 145 Å². The van der Waals surface area contributed by atoms with Gasteiger partial charge in [0.25, 0.3) is 5.91 Å². The van der Waals surface area contributed by atoms with Crippen molar-refractivity contribution in [3.63, 3.8) is 0 Å². The number of halogens is 8. The molecule has 1 aliphatic heterocycles. The molecule has 1 aromatic carbocycles. The molecule has 152 valence electrons. The van der Waals surface area contributed by atoms with Crippen LogP contribution in [0.5, 0.6) is 0 Å². The molecule has 6 nitrogen and oxygen atoms in total. The van der Waals surface area contributed by atoms with Gasteiger partial charge in [-0.1, -0.05) is 0 Å². The zero-order chi connectivity index (χ0) is 20.9. The Morgan fingerprint density at radius 2 is 1.26 bits per heavy atom. The average molecular weight is 409 g/mol. The summed E-state index contributed by atoms with van der Waals surface area (Å²) >= 11 is 0. The number of hydrogen-bond acceptors (Lipinski definition) is 4. The van der Waals surface area contributed by atoms with Crippen molar-refractivity contribution in [1.82, 2.24) is 15.8 Å². The van der Waals surface area contributed by atoms with E-state index < -0.39 is 52.7 Å². The molecule has 1 heterocycles. The summed E-state index contributed by atoms with van der Waals surface area (Å²) in [4.78, 5) is 20.6. The monoisotopic (exact) mass is 409 g/mol. The van der Waals surface area contributed by atoms with Gasteiger partial charge >= 0.3 is 12.1 Å². The minimum absolute atomic E-state index is 0.348. The molecule has 1 fully saturated rings. The van der Waals surface area contributed by atoms with E-state index in [1.807, 2.05) is 0 Å². The quantitative estimate of drug-likeness (QED) is 0.393. The van der Waals surface area contributed by atoms with E-state index in [-0.39, 0.29) is 0 Å². The Hall–Kier alpha value is -2.48. The van der Waals surface area contributed by atoms with E-state index in [1.54, 1.807) is 0 Å². The molecule has 1 aliphatic rings. The van der Waals surface area contributed by atoms with Gasteiger partial charge in [0.2, 0.25) is 5.82 Å². The molecule has 0 unspecified atom stereocenters. The summed E-state index contributed by atoms with van der Waals surface area (Å²) in [6, 6.07) is 0. The molecule has 27 heavy (non-hydrogen) atoms. The molecule has 0 aliphatic carbocycles. The molecule has 14 heteroatoms. The second kappa shape index (κ2) is 8.94. The maximum atomic E-state index is 13.4. The van der Waals surface area contributed by atoms with Crippen LogP contribution in [0.15, 0.2) is 0 Å². The first-order valence-corrected chi connectivity index (χ1v) is 6.96. The maximum Gasteiger partial charge on any atom is 0.490 e. The molecule has 0 radical (unpaired) electrons. The zero-order valence-corrected chi connectivity index (χ0v) is 13.1. The van der Waals surface area contributed by atoms with Crippen molar-refractivity contribution in [3.05, 3.63) is 34.6 Å². The normalized spacial score (nSPS) is 15.0. The van der Waals surface area contributed by atoms with Gasteiger partial charge in [0.15, 0.2) is 23.3 Å². The smallest absolute Gasteiger partial charge is 0.475 e. The van der Waals surface area contributed by atoms with Gasteiger partial charge in [-0.25, -0.2) is 31.8 Å². The molecule has 1 aromatic rings. The van der Waals surface area contributed by atoms with Crippen LogP contribution in [-0.2, 0) is 4.79 Å². The van der Waals surface area contributed by atoms with Crippen molar-refractivity contribution >= 4 is 11.9 Å². The van der Waals surface area contributed by atoms with E-state index >= 15 is 0 Å². The van der Waals surface area contributed by atoms with Gasteiger partial charge in [-0.15, -0.1) is 0 Å². The lowest BCUT2D eigenvalue weighted by molar-refractivity contribution is -0.192. The van der Waals surface area contributed by atoms with Gasteiger partial charge < -0.3 is 10.4 Å². The highest BCUT2D eigenvalue weighted by Gasteiger charge is 2.38. The summed E-state index contributed by atoms with van der Waals surface area (Å²) in [5.74, 6) is -15.0. The predicted octanol–water partition coefficient (Wildman–Crippen LogP) is 1.57. The lowest BCUT2D eigenvalue weighted by Gasteiger charge is -2.27. The molecular formula is C13H11F8N3O3. The van der Waals surface area contributed by atoms with Crippen LogP contribution in [0, 0.1) is 29.1 Å². The van der Waals surface area contributed by atoms with E-state index in [0.29, 0.717) is 26.2 Å². The first kappa shape index (κ1) is 22.6. The fourth-order valence-corrected chi connectivity index (χ4v) is 1.78. The number of piperazine rings is 1. The number of benzene rings is 1. The molecular weight excluding hydrogens is 398 g/mol. The summed E-state index contributed by atoms with van der Waals surface area (Å²) < 4.78 is 97.3. The molecule has 0 bridgehead atoms. The SMILES string of the molecule is O=C(NN1CCNCC1)c1c(F)c(F)c(F)c(F)c1F.O=C(O)C(F)(F)F. The van der Waals surface area contributed by atoms with Crippen molar-refractivity contribution in [2.45, 2.75) is 6.18 Å². The first-order valence-electron chi connectivity index (χ1n) is 6.96. The summed E-state index contributed by atoms with van der Waals surface area (Å²) in [5, 5.41) is 11.4. The molecule has 2 rings (SSSR count). The van der Waals surface area contributed by atoms with Gasteiger partial charge in [-0.3, -0.25) is 10.2 Å². The number of carbonyl (C=O) groups is 2. The molecule has 0 aromatic heterocycles. The number of aliphatic carboxylic acids is 1. The summed E-state index contributed by atoms with van der Waals surface area (Å²) in [5.41, 5.74) is 0.623. The number of alkyl halides is 3. The van der Waals surface area contributed by atoms with E-state index in [9.17, 15) is 39.9 Å². The lowest BCUT2D eigenvalue weighted by Crippen LogP contribution is -2.52. The van der Waals surface area contributed by atoms with E-state index in [0.717, 1.165) is 0 Å². The van der Waals surface area contributed by atoms with E-state index in [2.05, 4.69) is 10.7 Å². The van der Waals surface area contributed by atoms with Gasteiger partial charge in [-0.2, -0.15) is 13.2 Å². The third kappa shape index (κ3) is 5.75. The van der Waals surface area contributed by atoms with Crippen LogP contribution >= 0.6 is 0 Å². The van der Waals surface area contributed by atoms with E-state index in [4.69, 9.17) is 9.90 Å². The number of nitrogens with zero attached hydrogens (tertiary/aromatic N) is 1. The van der Waals surface area contributed by atoms with E-state index in [1.165, 1.54) is 5.01 Å². The van der Waals surface area contributed by atoms with Crippen molar-refractivity contribution < 1.29 is 49.8 Å². The Morgan fingerprint density at radius 1 is 0.889 bits per heavy atom. The average Bonchev–Trinajstić information content (AvgIpc) is 2.59. The minimum atomic E-state index is -5.08. The van der Waals surface area contributed by atoms with Crippen LogP contribution in [0.2, 0.25) is 0 Å². The number of carboxylic acid groups (broad SMARTS) is 1. The predicted molar refractivity (Wildman–Crippen MR) is 71.8 cm³/mol. The number of nitrogens with one attached hydrogen (secondary N) is 2. The van der Waals surface area contributed by atoms with Crippen molar-refractivity contribution in [1.29, 1.82) is 0 Å². The fraction of sp³-hybridized carbons (Fsp3) is 0.385. The maximum absolute atomic E-state index is 13.4. The Bertz CT molecular complexity index is 691. The third-order valence-electron chi connectivity index (χ3n) is 3.06. The van der Waals surface area contributed by atoms with Crippen LogP contribution in [0.25, 0.3) is 0 Å². The molecule has 3 N–H and O–H groups in total. The zero-order valence-electron chi connectivity index (χ0n) is 13.1. The summed E-state index contributed by atoms with van der Waals surface area (Å²) in [6.45, 7) is 1.75. The van der Waals surface area contributed by atoms with Crippen LogP contribution in [0.3, 0.4) is 0 Å². The minimum Gasteiger partial charge on any atom is -0.475 e. The number of hydrazine groups is 1. The molecule has 0 atom stereocenters. The van der Waals surface area contributed by atoms with Gasteiger partial charge in [0.1, 0.15) is 5.56 Å². The highest BCUT2D eigenvalue weighted by atomic mass is 19.4. The highest BCUT2D eigenvalue weighted by Crippen LogP contribution is 2.23. The molecule has 1 amide bonds. The van der Waals surface area contributed by atoms with Gasteiger partial charge in [0, 0.05) is 26.2 Å². The van der Waals surface area contributed by atoms with Crippen LogP contribution in [-0.4, -0.2) is 54.3 Å². The van der Waals surface area contributed by atoms with Gasteiger partial charge in [0.05, 0.1) is 0 Å². The topological polar surface area (TPSA) is 81.7 Å². The largest absolute Gasteiger partial charge is 0.490 e. The van der Waals surface area contributed by atoms with Crippen LogP contribution in [0.4, 0.5) is 35.1 Å². The molecule has 0 saturated carbocycles. The van der Waals surface area contributed by atoms with Crippen molar-refractivity contribution in [2.24, 2.45) is 0 Å². The first-order chi connectivity index (χ1) is 12.4. The summed E-state index contributed by atoms with van der Waals surface area (Å²) in [6.07, 6.45) is -5.08.